The molecule has 1 fully saturated rings. The van der Waals surface area contributed by atoms with Crippen LogP contribution in [0.4, 0.5) is 0 Å². The van der Waals surface area contributed by atoms with Gasteiger partial charge in [0.1, 0.15) is 5.76 Å². The van der Waals surface area contributed by atoms with Gasteiger partial charge >= 0.3 is 0 Å². The van der Waals surface area contributed by atoms with E-state index in [1.807, 2.05) is 13.8 Å². The Kier molecular flexibility index (Phi) is 7.69. The molecule has 2 heterocycles. The van der Waals surface area contributed by atoms with E-state index in [0.717, 1.165) is 36.4 Å². The number of aromatic nitrogens is 1. The van der Waals surface area contributed by atoms with E-state index >= 15 is 0 Å². The number of piperidine rings is 1. The molecule has 0 unspecified atom stereocenters. The van der Waals surface area contributed by atoms with Crippen LogP contribution in [0.1, 0.15) is 55.2 Å². The van der Waals surface area contributed by atoms with Crippen molar-refractivity contribution in [2.45, 2.75) is 60.2 Å². The van der Waals surface area contributed by atoms with E-state index in [1.165, 1.54) is 37.1 Å². The van der Waals surface area contributed by atoms with Crippen LogP contribution in [0, 0.1) is 19.8 Å². The van der Waals surface area contributed by atoms with Gasteiger partial charge in [-0.05, 0) is 63.7 Å². The summed E-state index contributed by atoms with van der Waals surface area (Å²) in [4.78, 5) is 11.7. The van der Waals surface area contributed by atoms with Crippen molar-refractivity contribution in [2.24, 2.45) is 10.9 Å². The monoisotopic (exact) mass is 397 g/mol. The van der Waals surface area contributed by atoms with Crippen LogP contribution in [0.2, 0.25) is 0 Å². The van der Waals surface area contributed by atoms with Crippen molar-refractivity contribution in [3.8, 4) is 0 Å². The Labute approximate surface area is 174 Å². The molecule has 0 spiro atoms. The maximum atomic E-state index is 5.63. The number of oxazole rings is 1. The van der Waals surface area contributed by atoms with E-state index < -0.39 is 0 Å². The second kappa shape index (κ2) is 10.4. The summed E-state index contributed by atoms with van der Waals surface area (Å²) in [6, 6.07) is 8.86. The average molecular weight is 398 g/mol. The highest BCUT2D eigenvalue weighted by Crippen LogP contribution is 2.18. The van der Waals surface area contributed by atoms with Gasteiger partial charge in [-0.2, -0.15) is 0 Å². The van der Waals surface area contributed by atoms with Crippen molar-refractivity contribution in [3.05, 3.63) is 52.7 Å². The zero-order valence-corrected chi connectivity index (χ0v) is 18.3. The third-order valence-corrected chi connectivity index (χ3v) is 5.55. The number of aliphatic imine (C=N–C) groups is 1. The lowest BCUT2D eigenvalue weighted by molar-refractivity contribution is 0.185. The van der Waals surface area contributed by atoms with Gasteiger partial charge in [-0.1, -0.05) is 31.2 Å². The SMILES string of the molecule is CCNC(=NCc1ccc(CN2CCC(C)CC2)cc1)NCc1nc(C)c(C)o1. The van der Waals surface area contributed by atoms with Crippen molar-refractivity contribution in [1.29, 1.82) is 0 Å². The van der Waals surface area contributed by atoms with Crippen LogP contribution in [0.3, 0.4) is 0 Å². The van der Waals surface area contributed by atoms with Crippen LogP contribution in [0.25, 0.3) is 0 Å². The Hall–Kier alpha value is -2.34. The first-order valence-corrected chi connectivity index (χ1v) is 10.8. The van der Waals surface area contributed by atoms with Crippen molar-refractivity contribution >= 4 is 5.96 Å². The Morgan fingerprint density at radius 2 is 1.83 bits per heavy atom. The highest BCUT2D eigenvalue weighted by atomic mass is 16.4. The summed E-state index contributed by atoms with van der Waals surface area (Å²) in [6.45, 7) is 13.8. The topological polar surface area (TPSA) is 65.7 Å². The second-order valence-electron chi connectivity index (χ2n) is 8.07. The lowest BCUT2D eigenvalue weighted by Gasteiger charge is -2.30. The molecular weight excluding hydrogens is 362 g/mol. The molecule has 0 atom stereocenters. The Morgan fingerprint density at radius 1 is 1.14 bits per heavy atom. The Bertz CT molecular complexity index is 769. The Balaban J connectivity index is 1.51. The Morgan fingerprint density at radius 3 is 2.45 bits per heavy atom. The lowest BCUT2D eigenvalue weighted by Crippen LogP contribution is -2.36. The summed E-state index contributed by atoms with van der Waals surface area (Å²) in [6.07, 6.45) is 2.64. The van der Waals surface area contributed by atoms with Gasteiger partial charge in [0, 0.05) is 13.1 Å². The standard InChI is InChI=1S/C23H35N5O/c1-5-24-23(26-15-22-27-18(3)19(4)29-22)25-14-20-6-8-21(9-7-20)16-28-12-10-17(2)11-13-28/h6-9,17H,5,10-16H2,1-4H3,(H2,24,25,26). The van der Waals surface area contributed by atoms with Gasteiger partial charge in [0.25, 0.3) is 0 Å². The van der Waals surface area contributed by atoms with Crippen LogP contribution in [-0.2, 0) is 19.6 Å². The maximum Gasteiger partial charge on any atom is 0.214 e. The van der Waals surface area contributed by atoms with E-state index in [9.17, 15) is 0 Å². The van der Waals surface area contributed by atoms with Crippen LogP contribution in [-0.4, -0.2) is 35.5 Å². The molecule has 0 saturated carbocycles. The minimum atomic E-state index is 0.522. The molecule has 2 aromatic rings. The molecule has 1 aromatic carbocycles. The van der Waals surface area contributed by atoms with Gasteiger partial charge in [-0.25, -0.2) is 9.98 Å². The molecule has 0 aliphatic carbocycles. The summed E-state index contributed by atoms with van der Waals surface area (Å²) in [7, 11) is 0. The van der Waals surface area contributed by atoms with Crippen molar-refractivity contribution in [3.63, 3.8) is 0 Å². The highest BCUT2D eigenvalue weighted by Gasteiger charge is 2.15. The third-order valence-electron chi connectivity index (χ3n) is 5.55. The number of benzene rings is 1. The van der Waals surface area contributed by atoms with Crippen molar-refractivity contribution < 1.29 is 4.42 Å². The number of guanidine groups is 1. The summed E-state index contributed by atoms with van der Waals surface area (Å²) < 4.78 is 5.63. The van der Waals surface area contributed by atoms with E-state index in [-0.39, 0.29) is 0 Å². The fourth-order valence-corrected chi connectivity index (χ4v) is 3.51. The number of hydrogen-bond donors (Lipinski definition) is 2. The number of likely N-dealkylation sites (tertiary alicyclic amines) is 1. The minimum Gasteiger partial charge on any atom is -0.444 e. The molecule has 0 amide bonds. The molecule has 1 saturated heterocycles. The van der Waals surface area contributed by atoms with E-state index in [0.29, 0.717) is 19.0 Å². The van der Waals surface area contributed by atoms with Crippen molar-refractivity contribution in [1.82, 2.24) is 20.5 Å². The largest absolute Gasteiger partial charge is 0.444 e. The molecule has 6 heteroatoms. The normalized spacial score (nSPS) is 16.2. The molecule has 0 bridgehead atoms. The quantitative estimate of drug-likeness (QED) is 0.550. The molecule has 1 aliphatic heterocycles. The number of nitrogens with one attached hydrogen (secondary N) is 2. The molecule has 0 radical (unpaired) electrons. The highest BCUT2D eigenvalue weighted by molar-refractivity contribution is 5.79. The maximum absolute atomic E-state index is 5.63. The first-order chi connectivity index (χ1) is 14.0. The molecule has 1 aliphatic rings. The second-order valence-corrected chi connectivity index (χ2v) is 8.07. The first-order valence-electron chi connectivity index (χ1n) is 10.8. The van der Waals surface area contributed by atoms with Gasteiger partial charge < -0.3 is 15.1 Å². The molecule has 1 aromatic heterocycles. The predicted octanol–water partition coefficient (Wildman–Crippen LogP) is 3.78. The van der Waals surface area contributed by atoms with Crippen molar-refractivity contribution in [2.75, 3.05) is 19.6 Å². The molecule has 3 rings (SSSR count). The van der Waals surface area contributed by atoms with Gasteiger partial charge in [0.05, 0.1) is 18.8 Å². The predicted molar refractivity (Wildman–Crippen MR) is 118 cm³/mol. The van der Waals surface area contributed by atoms with Crippen LogP contribution in [0.15, 0.2) is 33.7 Å². The van der Waals surface area contributed by atoms with Gasteiger partial charge in [0.15, 0.2) is 5.96 Å². The van der Waals surface area contributed by atoms with Gasteiger partial charge in [-0.15, -0.1) is 0 Å². The first kappa shape index (κ1) is 21.4. The molecule has 158 valence electrons. The summed E-state index contributed by atoms with van der Waals surface area (Å²) in [5.41, 5.74) is 3.52. The number of rotatable bonds is 7. The fourth-order valence-electron chi connectivity index (χ4n) is 3.51. The molecule has 2 N–H and O–H groups in total. The molecular formula is C23H35N5O. The zero-order valence-electron chi connectivity index (χ0n) is 18.3. The average Bonchev–Trinajstić information content (AvgIpc) is 3.04. The van der Waals surface area contributed by atoms with Crippen LogP contribution >= 0.6 is 0 Å². The number of hydrogen-bond acceptors (Lipinski definition) is 4. The van der Waals surface area contributed by atoms with Gasteiger partial charge in [0.2, 0.25) is 5.89 Å². The van der Waals surface area contributed by atoms with Gasteiger partial charge in [-0.3, -0.25) is 4.90 Å². The fraction of sp³-hybridized carbons (Fsp3) is 0.565. The third kappa shape index (κ3) is 6.60. The minimum absolute atomic E-state index is 0.522. The zero-order chi connectivity index (χ0) is 20.6. The molecule has 6 nitrogen and oxygen atoms in total. The summed E-state index contributed by atoms with van der Waals surface area (Å²) in [5, 5.41) is 6.57. The summed E-state index contributed by atoms with van der Waals surface area (Å²) in [5.74, 6) is 3.19. The summed E-state index contributed by atoms with van der Waals surface area (Å²) >= 11 is 0. The molecule has 29 heavy (non-hydrogen) atoms. The number of aryl methyl sites for hydroxylation is 2. The van der Waals surface area contributed by atoms with Crippen LogP contribution in [0.5, 0.6) is 0 Å². The smallest absolute Gasteiger partial charge is 0.214 e. The van der Waals surface area contributed by atoms with Crippen LogP contribution < -0.4 is 10.6 Å². The van der Waals surface area contributed by atoms with E-state index in [1.54, 1.807) is 0 Å². The van der Waals surface area contributed by atoms with E-state index in [2.05, 4.69) is 58.6 Å². The lowest BCUT2D eigenvalue weighted by atomic mass is 9.99. The van der Waals surface area contributed by atoms with E-state index in [4.69, 9.17) is 9.41 Å². The number of nitrogens with zero attached hydrogens (tertiary/aromatic N) is 3.